The predicted molar refractivity (Wildman–Crippen MR) is 120 cm³/mol. The molecule has 0 amide bonds. The lowest BCUT2D eigenvalue weighted by molar-refractivity contribution is 0.306. The fourth-order valence-corrected chi connectivity index (χ4v) is 5.44. The SMILES string of the molecule is CCOc1cc2c(cc1OC)C(=C(C#N)CCCN1CCCC1)NC1CCCCC21. The van der Waals surface area contributed by atoms with Crippen molar-refractivity contribution < 1.29 is 9.47 Å². The second-order valence-electron chi connectivity index (χ2n) is 8.78. The molecule has 30 heavy (non-hydrogen) atoms. The van der Waals surface area contributed by atoms with E-state index in [0.29, 0.717) is 18.6 Å². The minimum Gasteiger partial charge on any atom is -0.493 e. The summed E-state index contributed by atoms with van der Waals surface area (Å²) in [4.78, 5) is 2.52. The largest absolute Gasteiger partial charge is 0.493 e. The number of nitrogens with one attached hydrogen (secondary N) is 1. The number of hydrogen-bond donors (Lipinski definition) is 1. The Morgan fingerprint density at radius 1 is 1.17 bits per heavy atom. The van der Waals surface area contributed by atoms with E-state index in [4.69, 9.17) is 9.47 Å². The van der Waals surface area contributed by atoms with Crippen molar-refractivity contribution in [3.05, 3.63) is 28.8 Å². The van der Waals surface area contributed by atoms with Gasteiger partial charge in [0.15, 0.2) is 11.5 Å². The Bertz CT molecular complexity index is 820. The first-order chi connectivity index (χ1) is 14.7. The summed E-state index contributed by atoms with van der Waals surface area (Å²) < 4.78 is 11.5. The Balaban J connectivity index is 1.68. The zero-order valence-corrected chi connectivity index (χ0v) is 18.5. The predicted octanol–water partition coefficient (Wildman–Crippen LogP) is 4.83. The molecule has 0 bridgehead atoms. The molecular formula is C25H35N3O2. The van der Waals surface area contributed by atoms with Crippen molar-refractivity contribution >= 4 is 5.70 Å². The summed E-state index contributed by atoms with van der Waals surface area (Å²) in [5.74, 6) is 2.04. The van der Waals surface area contributed by atoms with Crippen molar-refractivity contribution in [3.63, 3.8) is 0 Å². The van der Waals surface area contributed by atoms with Crippen LogP contribution in [0.15, 0.2) is 17.7 Å². The van der Waals surface area contributed by atoms with Gasteiger partial charge >= 0.3 is 0 Å². The Labute approximate surface area is 181 Å². The maximum Gasteiger partial charge on any atom is 0.161 e. The fraction of sp³-hybridized carbons (Fsp3) is 0.640. The normalized spacial score (nSPS) is 25.0. The lowest BCUT2D eigenvalue weighted by Gasteiger charge is -2.40. The van der Waals surface area contributed by atoms with E-state index in [9.17, 15) is 5.26 Å². The smallest absolute Gasteiger partial charge is 0.161 e. The first-order valence-corrected chi connectivity index (χ1v) is 11.7. The molecule has 5 heteroatoms. The van der Waals surface area contributed by atoms with Crippen LogP contribution < -0.4 is 14.8 Å². The van der Waals surface area contributed by atoms with Crippen LogP contribution in [-0.2, 0) is 0 Å². The quantitative estimate of drug-likeness (QED) is 0.654. The average Bonchev–Trinajstić information content (AvgIpc) is 3.30. The van der Waals surface area contributed by atoms with Crippen LogP contribution in [0.2, 0.25) is 0 Å². The number of fused-ring (bicyclic) bond motifs is 3. The molecule has 5 nitrogen and oxygen atoms in total. The number of methoxy groups -OCH3 is 1. The number of rotatable bonds is 7. The highest BCUT2D eigenvalue weighted by molar-refractivity contribution is 5.77. The summed E-state index contributed by atoms with van der Waals surface area (Å²) in [5, 5.41) is 13.8. The summed E-state index contributed by atoms with van der Waals surface area (Å²) in [6.07, 6.45) is 9.34. The summed E-state index contributed by atoms with van der Waals surface area (Å²) in [5.41, 5.74) is 4.37. The molecule has 4 rings (SSSR count). The van der Waals surface area contributed by atoms with Gasteiger partial charge in [-0.05, 0) is 82.8 Å². The third-order valence-corrected chi connectivity index (χ3v) is 6.94. The Morgan fingerprint density at radius 2 is 1.97 bits per heavy atom. The van der Waals surface area contributed by atoms with Crippen LogP contribution in [0.5, 0.6) is 11.5 Å². The van der Waals surface area contributed by atoms with E-state index < -0.39 is 0 Å². The summed E-state index contributed by atoms with van der Waals surface area (Å²) >= 11 is 0. The third kappa shape index (κ3) is 4.30. The van der Waals surface area contributed by atoms with Crippen molar-refractivity contribution in [2.24, 2.45) is 0 Å². The van der Waals surface area contributed by atoms with Gasteiger partial charge in [0.05, 0.1) is 31.1 Å². The van der Waals surface area contributed by atoms with Crippen LogP contribution in [0.4, 0.5) is 0 Å². The molecular weight excluding hydrogens is 374 g/mol. The summed E-state index contributed by atoms with van der Waals surface area (Å²) in [6.45, 7) is 6.12. The fourth-order valence-electron chi connectivity index (χ4n) is 5.44. The van der Waals surface area contributed by atoms with Crippen LogP contribution in [0, 0.1) is 11.3 Å². The van der Waals surface area contributed by atoms with Gasteiger partial charge in [-0.15, -0.1) is 0 Å². The molecule has 0 radical (unpaired) electrons. The number of benzene rings is 1. The maximum atomic E-state index is 10.0. The van der Waals surface area contributed by atoms with Gasteiger partial charge in [0.2, 0.25) is 0 Å². The van der Waals surface area contributed by atoms with Crippen molar-refractivity contribution in [3.8, 4) is 17.6 Å². The maximum absolute atomic E-state index is 10.0. The number of likely N-dealkylation sites (tertiary alicyclic amines) is 1. The summed E-state index contributed by atoms with van der Waals surface area (Å²) in [6, 6.07) is 7.22. The van der Waals surface area contributed by atoms with Gasteiger partial charge in [-0.1, -0.05) is 12.8 Å². The summed E-state index contributed by atoms with van der Waals surface area (Å²) in [7, 11) is 1.69. The van der Waals surface area contributed by atoms with Gasteiger partial charge in [0.1, 0.15) is 0 Å². The molecule has 0 aromatic heterocycles. The lowest BCUT2D eigenvalue weighted by Crippen LogP contribution is -2.41. The highest BCUT2D eigenvalue weighted by Gasteiger charge is 2.35. The minimum atomic E-state index is 0.408. The molecule has 2 unspecified atom stereocenters. The highest BCUT2D eigenvalue weighted by Crippen LogP contribution is 2.46. The third-order valence-electron chi connectivity index (χ3n) is 6.94. The van der Waals surface area contributed by atoms with Crippen LogP contribution in [0.1, 0.15) is 75.3 Å². The lowest BCUT2D eigenvalue weighted by atomic mass is 9.74. The monoisotopic (exact) mass is 409 g/mol. The van der Waals surface area contributed by atoms with E-state index in [1.165, 1.54) is 50.8 Å². The molecule has 1 aromatic rings. The van der Waals surface area contributed by atoms with E-state index in [0.717, 1.165) is 54.1 Å². The van der Waals surface area contributed by atoms with Crippen LogP contribution >= 0.6 is 0 Å². The second kappa shape index (κ2) is 9.75. The first-order valence-electron chi connectivity index (χ1n) is 11.7. The van der Waals surface area contributed by atoms with Gasteiger partial charge in [0, 0.05) is 17.5 Å². The number of nitrogens with zero attached hydrogens (tertiary/aromatic N) is 2. The van der Waals surface area contributed by atoms with E-state index >= 15 is 0 Å². The average molecular weight is 410 g/mol. The molecule has 2 fully saturated rings. The molecule has 2 atom stereocenters. The van der Waals surface area contributed by atoms with E-state index in [1.807, 2.05) is 6.92 Å². The van der Waals surface area contributed by atoms with Crippen molar-refractivity contribution in [1.82, 2.24) is 10.2 Å². The standard InChI is InChI=1S/C25H35N3O2/c1-3-30-24-15-20-19-10-4-5-11-22(19)27-25(21(20)16-23(24)29-2)18(17-26)9-8-14-28-12-6-7-13-28/h15-16,19,22,27H,3-14H2,1-2H3. The molecule has 3 aliphatic rings. The van der Waals surface area contributed by atoms with E-state index in [2.05, 4.69) is 28.4 Å². The number of nitriles is 1. The zero-order valence-electron chi connectivity index (χ0n) is 18.5. The number of allylic oxidation sites excluding steroid dienone is 1. The molecule has 1 aromatic carbocycles. The van der Waals surface area contributed by atoms with E-state index in [-0.39, 0.29) is 0 Å². The zero-order chi connectivity index (χ0) is 20.9. The van der Waals surface area contributed by atoms with Crippen molar-refractivity contribution in [1.29, 1.82) is 5.26 Å². The molecule has 1 aliphatic carbocycles. The Morgan fingerprint density at radius 3 is 2.70 bits per heavy atom. The van der Waals surface area contributed by atoms with Crippen LogP contribution in [0.3, 0.4) is 0 Å². The molecule has 162 valence electrons. The van der Waals surface area contributed by atoms with Crippen LogP contribution in [-0.4, -0.2) is 44.3 Å². The Kier molecular flexibility index (Phi) is 6.84. The first kappa shape index (κ1) is 21.1. The number of hydrogen-bond acceptors (Lipinski definition) is 5. The van der Waals surface area contributed by atoms with Crippen molar-refractivity contribution in [2.45, 2.75) is 70.3 Å². The minimum absolute atomic E-state index is 0.408. The van der Waals surface area contributed by atoms with E-state index in [1.54, 1.807) is 7.11 Å². The van der Waals surface area contributed by atoms with Gasteiger partial charge in [-0.25, -0.2) is 0 Å². The molecule has 0 spiro atoms. The molecule has 1 N–H and O–H groups in total. The molecule has 2 aliphatic heterocycles. The highest BCUT2D eigenvalue weighted by atomic mass is 16.5. The van der Waals surface area contributed by atoms with Gasteiger partial charge in [-0.2, -0.15) is 5.26 Å². The van der Waals surface area contributed by atoms with Crippen molar-refractivity contribution in [2.75, 3.05) is 33.4 Å². The second-order valence-corrected chi connectivity index (χ2v) is 8.78. The molecule has 1 saturated carbocycles. The topological polar surface area (TPSA) is 57.5 Å². The Hall–Kier alpha value is -2.19. The van der Waals surface area contributed by atoms with Gasteiger partial charge in [0.25, 0.3) is 0 Å². The molecule has 1 saturated heterocycles. The number of ether oxygens (including phenoxy) is 2. The van der Waals surface area contributed by atoms with Gasteiger partial charge < -0.3 is 19.7 Å². The van der Waals surface area contributed by atoms with Crippen LogP contribution in [0.25, 0.3) is 5.70 Å². The van der Waals surface area contributed by atoms with Gasteiger partial charge in [-0.3, -0.25) is 0 Å². The molecule has 2 heterocycles.